The van der Waals surface area contributed by atoms with Crippen LogP contribution >= 0.6 is 0 Å². The number of fused-ring (bicyclic) bond motifs is 1. The quantitative estimate of drug-likeness (QED) is 0.860. The summed E-state index contributed by atoms with van der Waals surface area (Å²) in [5.74, 6) is 0.874. The summed E-state index contributed by atoms with van der Waals surface area (Å²) in [6.45, 7) is 5.97. The van der Waals surface area contributed by atoms with Gasteiger partial charge in [0.05, 0.1) is 0 Å². The summed E-state index contributed by atoms with van der Waals surface area (Å²) in [6.07, 6.45) is 4.08. The van der Waals surface area contributed by atoms with Gasteiger partial charge in [0.25, 0.3) is 0 Å². The molecule has 18 heavy (non-hydrogen) atoms. The average Bonchev–Trinajstić information content (AvgIpc) is 2.40. The van der Waals surface area contributed by atoms with Crippen molar-refractivity contribution in [1.29, 1.82) is 0 Å². The van der Waals surface area contributed by atoms with Crippen molar-refractivity contribution in [3.63, 3.8) is 0 Å². The molecule has 1 aromatic carbocycles. The minimum absolute atomic E-state index is 0.729. The Hall–Kier alpha value is -0.860. The molecule has 0 saturated carbocycles. The van der Waals surface area contributed by atoms with Gasteiger partial charge in [0, 0.05) is 25.2 Å². The fourth-order valence-electron chi connectivity index (χ4n) is 3.52. The lowest BCUT2D eigenvalue weighted by Gasteiger charge is -2.43. The number of benzene rings is 1. The highest BCUT2D eigenvalue weighted by Crippen LogP contribution is 2.27. The first-order chi connectivity index (χ1) is 8.81. The Bertz CT molecular complexity index is 376. The van der Waals surface area contributed by atoms with Crippen LogP contribution in [0.2, 0.25) is 0 Å². The molecule has 2 fully saturated rings. The van der Waals surface area contributed by atoms with E-state index >= 15 is 0 Å². The highest BCUT2D eigenvalue weighted by atomic mass is 15.2. The molecule has 1 aromatic rings. The van der Waals surface area contributed by atoms with E-state index in [0.29, 0.717) is 0 Å². The molecule has 2 saturated heterocycles. The number of hydrogen-bond donors (Lipinski definition) is 1. The van der Waals surface area contributed by atoms with Crippen molar-refractivity contribution in [2.45, 2.75) is 44.8 Å². The Morgan fingerprint density at radius 3 is 2.83 bits per heavy atom. The molecule has 3 rings (SSSR count). The van der Waals surface area contributed by atoms with E-state index in [4.69, 9.17) is 0 Å². The van der Waals surface area contributed by atoms with Crippen LogP contribution in [0, 0.1) is 5.92 Å². The molecule has 98 valence electrons. The molecule has 0 spiro atoms. The lowest BCUT2D eigenvalue weighted by Crippen LogP contribution is -2.54. The molecule has 0 bridgehead atoms. The summed E-state index contributed by atoms with van der Waals surface area (Å²) in [6, 6.07) is 12.4. The first kappa shape index (κ1) is 12.2. The van der Waals surface area contributed by atoms with Gasteiger partial charge in [0.2, 0.25) is 0 Å². The molecule has 3 atom stereocenters. The van der Waals surface area contributed by atoms with Crippen LogP contribution in [-0.4, -0.2) is 30.1 Å². The SMILES string of the molecule is CC1CCC2CN(Cc3ccccc3)CCC2N1. The third-order valence-corrected chi connectivity index (χ3v) is 4.54. The number of likely N-dealkylation sites (tertiary alicyclic amines) is 1. The molecule has 3 unspecified atom stereocenters. The largest absolute Gasteiger partial charge is 0.311 e. The second-order valence-electron chi connectivity index (χ2n) is 6.02. The number of nitrogens with one attached hydrogen (secondary N) is 1. The second-order valence-corrected chi connectivity index (χ2v) is 6.02. The first-order valence-corrected chi connectivity index (χ1v) is 7.33. The zero-order valence-corrected chi connectivity index (χ0v) is 11.3. The van der Waals surface area contributed by atoms with E-state index in [-0.39, 0.29) is 0 Å². The Kier molecular flexibility index (Phi) is 3.67. The summed E-state index contributed by atoms with van der Waals surface area (Å²) in [5.41, 5.74) is 1.45. The molecule has 2 aliphatic rings. The van der Waals surface area contributed by atoms with Crippen LogP contribution < -0.4 is 5.32 Å². The van der Waals surface area contributed by atoms with Crippen LogP contribution in [0.25, 0.3) is 0 Å². The Balaban J connectivity index is 1.58. The average molecular weight is 244 g/mol. The van der Waals surface area contributed by atoms with Gasteiger partial charge in [-0.3, -0.25) is 4.90 Å². The highest BCUT2D eigenvalue weighted by Gasteiger charge is 2.32. The highest BCUT2D eigenvalue weighted by molar-refractivity contribution is 5.14. The summed E-state index contributed by atoms with van der Waals surface area (Å²) in [4.78, 5) is 2.63. The molecule has 2 nitrogen and oxygen atoms in total. The Labute approximate surface area is 110 Å². The van der Waals surface area contributed by atoms with Crippen molar-refractivity contribution >= 4 is 0 Å². The molecular formula is C16H24N2. The van der Waals surface area contributed by atoms with Crippen LogP contribution in [0.4, 0.5) is 0 Å². The molecule has 2 aliphatic heterocycles. The molecule has 2 heterocycles. The Morgan fingerprint density at radius 2 is 2.00 bits per heavy atom. The molecular weight excluding hydrogens is 220 g/mol. The van der Waals surface area contributed by atoms with Crippen LogP contribution in [0.3, 0.4) is 0 Å². The molecule has 0 aromatic heterocycles. The summed E-state index contributed by atoms with van der Waals surface area (Å²) in [7, 11) is 0. The van der Waals surface area contributed by atoms with Gasteiger partial charge < -0.3 is 5.32 Å². The van der Waals surface area contributed by atoms with E-state index < -0.39 is 0 Å². The van der Waals surface area contributed by atoms with Crippen molar-refractivity contribution in [2.24, 2.45) is 5.92 Å². The summed E-state index contributed by atoms with van der Waals surface area (Å²) < 4.78 is 0. The maximum atomic E-state index is 3.78. The van der Waals surface area contributed by atoms with Crippen LogP contribution in [-0.2, 0) is 6.54 Å². The van der Waals surface area contributed by atoms with Gasteiger partial charge in [0.1, 0.15) is 0 Å². The summed E-state index contributed by atoms with van der Waals surface area (Å²) in [5, 5.41) is 3.78. The topological polar surface area (TPSA) is 15.3 Å². The maximum Gasteiger partial charge on any atom is 0.0233 e. The number of nitrogens with zero attached hydrogens (tertiary/aromatic N) is 1. The van der Waals surface area contributed by atoms with Gasteiger partial charge in [-0.2, -0.15) is 0 Å². The molecule has 0 radical (unpaired) electrons. The normalized spacial score (nSPS) is 33.1. The van der Waals surface area contributed by atoms with Crippen molar-refractivity contribution in [2.75, 3.05) is 13.1 Å². The monoisotopic (exact) mass is 244 g/mol. The smallest absolute Gasteiger partial charge is 0.0233 e. The third-order valence-electron chi connectivity index (χ3n) is 4.54. The van der Waals surface area contributed by atoms with E-state index in [1.54, 1.807) is 0 Å². The van der Waals surface area contributed by atoms with E-state index in [1.807, 2.05) is 0 Å². The van der Waals surface area contributed by atoms with Gasteiger partial charge in [0.15, 0.2) is 0 Å². The minimum Gasteiger partial charge on any atom is -0.311 e. The lowest BCUT2D eigenvalue weighted by atomic mass is 9.83. The summed E-state index contributed by atoms with van der Waals surface area (Å²) >= 11 is 0. The maximum absolute atomic E-state index is 3.78. The standard InChI is InChI=1S/C16H24N2/c1-13-7-8-15-12-18(10-9-16(15)17-13)11-14-5-3-2-4-6-14/h2-6,13,15-17H,7-12H2,1H3. The molecule has 0 amide bonds. The number of hydrogen-bond acceptors (Lipinski definition) is 2. The van der Waals surface area contributed by atoms with Crippen molar-refractivity contribution < 1.29 is 0 Å². The van der Waals surface area contributed by atoms with Gasteiger partial charge in [-0.25, -0.2) is 0 Å². The predicted octanol–water partition coefficient (Wildman–Crippen LogP) is 2.65. The van der Waals surface area contributed by atoms with Crippen molar-refractivity contribution in [3.05, 3.63) is 35.9 Å². The molecule has 2 heteroatoms. The zero-order valence-electron chi connectivity index (χ0n) is 11.3. The second kappa shape index (κ2) is 5.41. The number of piperidine rings is 2. The molecule has 1 N–H and O–H groups in total. The van der Waals surface area contributed by atoms with E-state index in [9.17, 15) is 0 Å². The van der Waals surface area contributed by atoms with Crippen molar-refractivity contribution in [3.8, 4) is 0 Å². The van der Waals surface area contributed by atoms with Crippen LogP contribution in [0.5, 0.6) is 0 Å². The van der Waals surface area contributed by atoms with Crippen molar-refractivity contribution in [1.82, 2.24) is 10.2 Å². The lowest BCUT2D eigenvalue weighted by molar-refractivity contribution is 0.0959. The van der Waals surface area contributed by atoms with Gasteiger partial charge in [-0.05, 0) is 44.2 Å². The predicted molar refractivity (Wildman–Crippen MR) is 75.4 cm³/mol. The van der Waals surface area contributed by atoms with Crippen LogP contribution in [0.1, 0.15) is 31.7 Å². The van der Waals surface area contributed by atoms with Gasteiger partial charge in [-0.15, -0.1) is 0 Å². The fraction of sp³-hybridized carbons (Fsp3) is 0.625. The van der Waals surface area contributed by atoms with Gasteiger partial charge in [-0.1, -0.05) is 30.3 Å². The Morgan fingerprint density at radius 1 is 1.17 bits per heavy atom. The van der Waals surface area contributed by atoms with E-state index in [2.05, 4.69) is 47.5 Å². The van der Waals surface area contributed by atoms with E-state index in [1.165, 1.54) is 37.9 Å². The third kappa shape index (κ3) is 2.76. The fourth-order valence-corrected chi connectivity index (χ4v) is 3.52. The first-order valence-electron chi connectivity index (χ1n) is 7.33. The minimum atomic E-state index is 0.729. The molecule has 0 aliphatic carbocycles. The number of rotatable bonds is 2. The van der Waals surface area contributed by atoms with E-state index in [0.717, 1.165) is 24.5 Å². The van der Waals surface area contributed by atoms with Gasteiger partial charge >= 0.3 is 0 Å². The zero-order chi connectivity index (χ0) is 12.4. The van der Waals surface area contributed by atoms with Crippen LogP contribution in [0.15, 0.2) is 30.3 Å².